The molecular formula is C8H14I4O2S. The van der Waals surface area contributed by atoms with Crippen LogP contribution in [0.4, 0.5) is 0 Å². The van der Waals surface area contributed by atoms with Gasteiger partial charge in [-0.05, 0) is 103 Å². The van der Waals surface area contributed by atoms with E-state index in [-0.39, 0.29) is 0 Å². The second kappa shape index (κ2) is 6.87. The lowest BCUT2D eigenvalue weighted by atomic mass is 10.4. The van der Waals surface area contributed by atoms with Gasteiger partial charge in [0.2, 0.25) is 0 Å². The Morgan fingerprint density at radius 2 is 1.13 bits per heavy atom. The predicted molar refractivity (Wildman–Crippen MR) is 100 cm³/mol. The molecule has 0 aliphatic carbocycles. The van der Waals surface area contributed by atoms with E-state index in [9.17, 15) is 8.42 Å². The monoisotopic (exact) mass is 682 g/mol. The topological polar surface area (TPSA) is 34.1 Å². The van der Waals surface area contributed by atoms with Gasteiger partial charge in [0.05, 0.1) is 0 Å². The van der Waals surface area contributed by atoms with Crippen molar-refractivity contribution in [1.82, 2.24) is 0 Å². The number of sulfone groups is 1. The van der Waals surface area contributed by atoms with Crippen molar-refractivity contribution in [2.24, 2.45) is 0 Å². The van der Waals surface area contributed by atoms with Gasteiger partial charge in [-0.1, -0.05) is 26.7 Å². The van der Waals surface area contributed by atoms with Gasteiger partial charge in [-0.3, -0.25) is 0 Å². The Morgan fingerprint density at radius 1 is 0.867 bits per heavy atom. The summed E-state index contributed by atoms with van der Waals surface area (Å²) in [5.41, 5.74) is 0. The first kappa shape index (κ1) is 17.9. The van der Waals surface area contributed by atoms with Crippen molar-refractivity contribution in [3.05, 3.63) is 0 Å². The summed E-state index contributed by atoms with van der Waals surface area (Å²) in [6.07, 6.45) is 3.18. The maximum Gasteiger partial charge on any atom is 0.198 e. The Kier molecular flexibility index (Phi) is 8.18. The van der Waals surface area contributed by atoms with E-state index >= 15 is 0 Å². The number of alkyl halides is 4. The van der Waals surface area contributed by atoms with E-state index in [1.165, 1.54) is 0 Å². The average Bonchev–Trinajstić information content (AvgIpc) is 2.03. The zero-order valence-electron chi connectivity index (χ0n) is 8.57. The first-order valence-corrected chi connectivity index (χ1v) is 10.4. The number of hydrogen-bond donors (Lipinski definition) is 0. The second-order valence-corrected chi connectivity index (χ2v) is 20.1. The van der Waals surface area contributed by atoms with Crippen LogP contribution in [0.1, 0.15) is 39.5 Å². The van der Waals surface area contributed by atoms with Crippen molar-refractivity contribution in [3.63, 3.8) is 0 Å². The van der Waals surface area contributed by atoms with Crippen LogP contribution in [0.5, 0.6) is 0 Å². The Bertz CT molecular complexity index is 274. The van der Waals surface area contributed by atoms with Crippen LogP contribution in [0.25, 0.3) is 0 Å². The van der Waals surface area contributed by atoms with Crippen molar-refractivity contribution < 1.29 is 8.42 Å². The van der Waals surface area contributed by atoms with Gasteiger partial charge in [-0.2, -0.15) is 0 Å². The number of halogens is 4. The van der Waals surface area contributed by atoms with Crippen LogP contribution in [0, 0.1) is 0 Å². The lowest BCUT2D eigenvalue weighted by molar-refractivity contribution is 0.582. The molecule has 0 amide bonds. The van der Waals surface area contributed by atoms with Gasteiger partial charge < -0.3 is 0 Å². The fraction of sp³-hybridized carbons (Fsp3) is 1.00. The summed E-state index contributed by atoms with van der Waals surface area (Å²) in [6, 6.07) is 0. The van der Waals surface area contributed by atoms with Crippen LogP contribution in [-0.2, 0) is 9.84 Å². The van der Waals surface area contributed by atoms with Gasteiger partial charge in [0.25, 0.3) is 0 Å². The van der Waals surface area contributed by atoms with E-state index in [1.807, 2.05) is 13.8 Å². The molecule has 0 saturated heterocycles. The smallest absolute Gasteiger partial charge is 0.198 e. The molecule has 0 unspecified atom stereocenters. The quantitative estimate of drug-likeness (QED) is 0.291. The summed E-state index contributed by atoms with van der Waals surface area (Å²) >= 11 is 8.29. The van der Waals surface area contributed by atoms with Gasteiger partial charge in [-0.25, -0.2) is 8.42 Å². The molecule has 0 heterocycles. The predicted octanol–water partition coefficient (Wildman–Crippen LogP) is 5.05. The lowest BCUT2D eigenvalue weighted by Gasteiger charge is -2.29. The molecule has 0 aromatic heterocycles. The summed E-state index contributed by atoms with van der Waals surface area (Å²) < 4.78 is 23.5. The maximum absolute atomic E-state index is 12.4. The molecule has 0 spiro atoms. The van der Waals surface area contributed by atoms with E-state index in [2.05, 4.69) is 90.4 Å². The first-order valence-electron chi connectivity index (χ1n) is 4.62. The van der Waals surface area contributed by atoms with Crippen molar-refractivity contribution in [1.29, 1.82) is 0 Å². The lowest BCUT2D eigenvalue weighted by Crippen LogP contribution is -2.37. The van der Waals surface area contributed by atoms with Crippen molar-refractivity contribution in [2.45, 2.75) is 41.1 Å². The fourth-order valence-electron chi connectivity index (χ4n) is 1.07. The van der Waals surface area contributed by atoms with Crippen LogP contribution in [0.2, 0.25) is 0 Å². The molecule has 0 bridgehead atoms. The van der Waals surface area contributed by atoms with Gasteiger partial charge in [0.15, 0.2) is 11.4 Å². The van der Waals surface area contributed by atoms with Crippen molar-refractivity contribution >= 4 is 100 Å². The fourth-order valence-corrected chi connectivity index (χ4v) is 14.2. The van der Waals surface area contributed by atoms with Gasteiger partial charge >= 0.3 is 0 Å². The maximum atomic E-state index is 12.4. The van der Waals surface area contributed by atoms with E-state index in [4.69, 9.17) is 0 Å². The minimum absolute atomic E-state index is 0.672. The van der Waals surface area contributed by atoms with Crippen LogP contribution in [0.15, 0.2) is 0 Å². The SMILES string of the molecule is CCCC(I)(I)S(=O)(=O)C(I)(I)CCC. The summed E-state index contributed by atoms with van der Waals surface area (Å²) in [5, 5.41) is 0. The molecule has 0 atom stereocenters. The molecule has 0 saturated carbocycles. The molecule has 15 heavy (non-hydrogen) atoms. The zero-order chi connectivity index (χ0) is 12.3. The average molecular weight is 682 g/mol. The van der Waals surface area contributed by atoms with Crippen LogP contribution < -0.4 is 0 Å². The van der Waals surface area contributed by atoms with Gasteiger partial charge in [0.1, 0.15) is 0 Å². The summed E-state index contributed by atoms with van der Waals surface area (Å²) in [7, 11) is -3.12. The number of hydrogen-bond acceptors (Lipinski definition) is 2. The molecule has 92 valence electrons. The summed E-state index contributed by atoms with van der Waals surface area (Å²) in [5.74, 6) is 0. The highest BCUT2D eigenvalue weighted by Gasteiger charge is 2.50. The van der Waals surface area contributed by atoms with Crippen molar-refractivity contribution in [2.75, 3.05) is 0 Å². The first-order chi connectivity index (χ1) is 6.62. The van der Waals surface area contributed by atoms with E-state index < -0.39 is 11.4 Å². The molecule has 0 aliphatic heterocycles. The minimum atomic E-state index is -3.12. The van der Waals surface area contributed by atoms with E-state index in [0.29, 0.717) is 12.8 Å². The molecule has 0 radical (unpaired) electrons. The summed E-state index contributed by atoms with van der Waals surface area (Å²) in [6.45, 7) is 4.03. The Hall–Kier alpha value is 2.87. The Balaban J connectivity index is 5.13. The second-order valence-electron chi connectivity index (χ2n) is 3.28. The number of rotatable bonds is 6. The van der Waals surface area contributed by atoms with Crippen molar-refractivity contribution in [3.8, 4) is 0 Å². The zero-order valence-corrected chi connectivity index (χ0v) is 18.0. The normalized spacial score (nSPS) is 14.3. The summed E-state index contributed by atoms with van der Waals surface area (Å²) in [4.78, 5) is 0. The molecular weight excluding hydrogens is 668 g/mol. The van der Waals surface area contributed by atoms with Crippen LogP contribution in [-0.4, -0.2) is 9.94 Å². The van der Waals surface area contributed by atoms with Crippen LogP contribution in [0.3, 0.4) is 0 Å². The third-order valence-electron chi connectivity index (χ3n) is 1.87. The molecule has 0 rings (SSSR count). The third kappa shape index (κ3) is 4.48. The molecule has 7 heteroatoms. The standard InChI is InChI=1S/C8H14I4O2S/c1-3-5-7(9,10)15(13,14)8(11,12)6-4-2/h3-6H2,1-2H3. The molecule has 0 fully saturated rings. The molecule has 0 aliphatic rings. The largest absolute Gasteiger partial charge is 0.224 e. The van der Waals surface area contributed by atoms with Gasteiger partial charge in [-0.15, -0.1) is 0 Å². The van der Waals surface area contributed by atoms with E-state index in [0.717, 1.165) is 12.8 Å². The Labute approximate surface area is 147 Å². The Morgan fingerprint density at radius 3 is 1.33 bits per heavy atom. The minimum Gasteiger partial charge on any atom is -0.224 e. The third-order valence-corrected chi connectivity index (χ3v) is 13.0. The highest BCUT2D eigenvalue weighted by Crippen LogP contribution is 2.51. The molecule has 0 aromatic carbocycles. The highest BCUT2D eigenvalue weighted by atomic mass is 127. The molecule has 0 aromatic rings. The molecule has 2 nitrogen and oxygen atoms in total. The van der Waals surface area contributed by atoms with Gasteiger partial charge in [0, 0.05) is 0 Å². The highest BCUT2D eigenvalue weighted by molar-refractivity contribution is 14.2. The molecule has 0 N–H and O–H groups in total. The van der Waals surface area contributed by atoms with E-state index in [1.54, 1.807) is 0 Å². The van der Waals surface area contributed by atoms with Crippen LogP contribution >= 0.6 is 90.4 Å².